The molecule has 0 radical (unpaired) electrons. The summed E-state index contributed by atoms with van der Waals surface area (Å²) in [5, 5.41) is 7.40. The standard InChI is InChI=1S/C29H31FN4O5S/c1-4-21-7-14-26(27-19-32-34(28(27)17-21)24-10-8-23(30)9-11-24)29(36)31-18-22-5-12-25(13-6-22)40(37,38)33(3)15-16-39-20(2)35/h5-6,8-14,17,19H,4,7,15-16,18H2,1-3H3,(H,31,36). The molecule has 9 nitrogen and oxygen atoms in total. The van der Waals surface area contributed by atoms with E-state index in [9.17, 15) is 22.4 Å². The highest BCUT2D eigenvalue weighted by atomic mass is 32.2. The number of esters is 1. The van der Waals surface area contributed by atoms with Crippen LogP contribution in [0.2, 0.25) is 0 Å². The number of hydrogen-bond donors (Lipinski definition) is 1. The highest BCUT2D eigenvalue weighted by molar-refractivity contribution is 7.89. The summed E-state index contributed by atoms with van der Waals surface area (Å²) >= 11 is 0. The van der Waals surface area contributed by atoms with Crippen LogP contribution in [0.3, 0.4) is 0 Å². The van der Waals surface area contributed by atoms with Gasteiger partial charge in [-0.25, -0.2) is 17.5 Å². The summed E-state index contributed by atoms with van der Waals surface area (Å²) in [6, 6.07) is 12.2. The van der Waals surface area contributed by atoms with Gasteiger partial charge in [-0.2, -0.15) is 9.40 Å². The predicted octanol–water partition coefficient (Wildman–Crippen LogP) is 4.09. The molecule has 1 aliphatic carbocycles. The van der Waals surface area contributed by atoms with Gasteiger partial charge in [0.25, 0.3) is 5.91 Å². The van der Waals surface area contributed by atoms with Gasteiger partial charge in [-0.1, -0.05) is 30.7 Å². The Bertz CT molecular complexity index is 1560. The Morgan fingerprint density at radius 3 is 2.48 bits per heavy atom. The molecule has 0 saturated carbocycles. The summed E-state index contributed by atoms with van der Waals surface area (Å²) in [4.78, 5) is 24.3. The van der Waals surface area contributed by atoms with Crippen LogP contribution in [0.15, 0.2) is 71.3 Å². The van der Waals surface area contributed by atoms with Gasteiger partial charge in [-0.05, 0) is 60.9 Å². The molecule has 210 valence electrons. The van der Waals surface area contributed by atoms with E-state index >= 15 is 0 Å². The normalized spacial score (nSPS) is 13.2. The monoisotopic (exact) mass is 566 g/mol. The van der Waals surface area contributed by atoms with Crippen LogP contribution in [0.25, 0.3) is 17.3 Å². The van der Waals surface area contributed by atoms with Crippen LogP contribution in [-0.2, 0) is 30.9 Å². The van der Waals surface area contributed by atoms with Gasteiger partial charge in [0.2, 0.25) is 10.0 Å². The number of halogens is 1. The van der Waals surface area contributed by atoms with Gasteiger partial charge in [-0.15, -0.1) is 0 Å². The number of sulfonamides is 1. The van der Waals surface area contributed by atoms with Gasteiger partial charge in [0.15, 0.2) is 0 Å². The second-order valence-corrected chi connectivity index (χ2v) is 11.3. The molecule has 0 saturated heterocycles. The summed E-state index contributed by atoms with van der Waals surface area (Å²) in [7, 11) is -2.35. The van der Waals surface area contributed by atoms with Crippen LogP contribution in [0.5, 0.6) is 0 Å². The van der Waals surface area contributed by atoms with Crippen LogP contribution < -0.4 is 5.32 Å². The molecule has 0 spiro atoms. The molecule has 0 fully saturated rings. The van der Waals surface area contributed by atoms with Crippen LogP contribution in [0.1, 0.15) is 43.5 Å². The average Bonchev–Trinajstić information content (AvgIpc) is 3.24. The fourth-order valence-corrected chi connectivity index (χ4v) is 5.38. The van der Waals surface area contributed by atoms with Gasteiger partial charge >= 0.3 is 5.97 Å². The Morgan fingerprint density at radius 2 is 1.82 bits per heavy atom. The minimum Gasteiger partial charge on any atom is -0.464 e. The predicted molar refractivity (Wildman–Crippen MR) is 149 cm³/mol. The van der Waals surface area contributed by atoms with Crippen molar-refractivity contribution in [3.63, 3.8) is 0 Å². The number of hydrogen-bond acceptors (Lipinski definition) is 6. The van der Waals surface area contributed by atoms with Gasteiger partial charge in [-0.3, -0.25) is 9.59 Å². The van der Waals surface area contributed by atoms with Gasteiger partial charge < -0.3 is 10.1 Å². The van der Waals surface area contributed by atoms with Crippen LogP contribution in [-0.4, -0.2) is 54.6 Å². The van der Waals surface area contributed by atoms with Gasteiger partial charge in [0.05, 0.1) is 22.5 Å². The van der Waals surface area contributed by atoms with E-state index in [1.807, 2.05) is 19.1 Å². The molecular formula is C29H31FN4O5S. The Hall–Kier alpha value is -4.09. The number of likely N-dealkylation sites (N-methyl/N-ethyl adjacent to an activating group) is 1. The summed E-state index contributed by atoms with van der Waals surface area (Å²) in [6.45, 7) is 3.49. The number of rotatable bonds is 10. The van der Waals surface area contributed by atoms with E-state index in [-0.39, 0.29) is 36.3 Å². The number of ether oxygens (including phenoxy) is 1. The fraction of sp³-hybridized carbons (Fsp3) is 0.276. The van der Waals surface area contributed by atoms with Crippen LogP contribution in [0, 0.1) is 5.82 Å². The number of nitrogens with one attached hydrogen (secondary N) is 1. The van der Waals surface area contributed by atoms with Crippen LogP contribution >= 0.6 is 0 Å². The molecule has 1 aromatic heterocycles. The van der Waals surface area contributed by atoms with Crippen molar-refractivity contribution in [2.75, 3.05) is 20.2 Å². The Kier molecular flexibility index (Phi) is 8.96. The average molecular weight is 567 g/mol. The molecule has 4 rings (SSSR count). The third-order valence-electron chi connectivity index (χ3n) is 6.57. The topological polar surface area (TPSA) is 111 Å². The maximum Gasteiger partial charge on any atom is 0.302 e. The third kappa shape index (κ3) is 6.54. The maximum atomic E-state index is 13.5. The van der Waals surface area contributed by atoms with Crippen molar-refractivity contribution >= 4 is 33.5 Å². The molecule has 11 heteroatoms. The second-order valence-electron chi connectivity index (χ2n) is 9.30. The van der Waals surface area contributed by atoms with E-state index in [1.54, 1.807) is 35.1 Å². The molecule has 1 amide bonds. The van der Waals surface area contributed by atoms with Crippen molar-refractivity contribution in [3.8, 4) is 5.69 Å². The fourth-order valence-electron chi connectivity index (χ4n) is 4.22. The minimum absolute atomic E-state index is 0.0309. The molecule has 40 heavy (non-hydrogen) atoms. The molecule has 0 atom stereocenters. The minimum atomic E-state index is -3.76. The summed E-state index contributed by atoms with van der Waals surface area (Å²) in [6.07, 6.45) is 6.94. The lowest BCUT2D eigenvalue weighted by atomic mass is 10.1. The lowest BCUT2D eigenvalue weighted by molar-refractivity contribution is -0.141. The van der Waals surface area contributed by atoms with Crippen molar-refractivity contribution in [1.29, 1.82) is 0 Å². The summed E-state index contributed by atoms with van der Waals surface area (Å²) in [5.41, 5.74) is 4.43. The Morgan fingerprint density at radius 1 is 1.12 bits per heavy atom. The van der Waals surface area contributed by atoms with Gasteiger partial charge in [0.1, 0.15) is 12.4 Å². The molecule has 1 aliphatic rings. The van der Waals surface area contributed by atoms with Crippen molar-refractivity contribution in [2.24, 2.45) is 0 Å². The number of carbonyl (C=O) groups is 2. The van der Waals surface area contributed by atoms with Crippen molar-refractivity contribution in [3.05, 3.63) is 89.0 Å². The highest BCUT2D eigenvalue weighted by Crippen LogP contribution is 2.30. The summed E-state index contributed by atoms with van der Waals surface area (Å²) in [5.74, 6) is -1.10. The molecule has 0 bridgehead atoms. The molecule has 0 unspecified atom stereocenters. The first-order valence-electron chi connectivity index (χ1n) is 12.8. The van der Waals surface area contributed by atoms with Crippen molar-refractivity contribution < 1.29 is 27.1 Å². The SMILES string of the molecule is CCC1=Cc2c(cnn2-c2ccc(F)cc2)C(C(=O)NCc2ccc(S(=O)(=O)N(C)CCOC(C)=O)cc2)=CC1. The molecular weight excluding hydrogens is 535 g/mol. The number of allylic oxidation sites excluding steroid dienone is 2. The first kappa shape index (κ1) is 28.9. The zero-order chi connectivity index (χ0) is 28.9. The number of carbonyl (C=O) groups excluding carboxylic acids is 2. The van der Waals surface area contributed by atoms with E-state index in [0.717, 1.165) is 27.6 Å². The summed E-state index contributed by atoms with van der Waals surface area (Å²) < 4.78 is 46.7. The number of fused-ring (bicyclic) bond motifs is 1. The first-order chi connectivity index (χ1) is 19.1. The molecule has 1 heterocycles. The highest BCUT2D eigenvalue weighted by Gasteiger charge is 2.23. The Balaban J connectivity index is 1.47. The number of aromatic nitrogens is 2. The number of benzene rings is 2. The van der Waals surface area contributed by atoms with E-state index in [4.69, 9.17) is 4.74 Å². The lowest BCUT2D eigenvalue weighted by Gasteiger charge is -2.17. The van der Waals surface area contributed by atoms with E-state index < -0.39 is 16.0 Å². The zero-order valence-electron chi connectivity index (χ0n) is 22.6. The van der Waals surface area contributed by atoms with Crippen LogP contribution in [0.4, 0.5) is 4.39 Å². The number of amides is 1. The second kappa shape index (κ2) is 12.4. The van der Waals surface area contributed by atoms with Gasteiger partial charge in [0, 0.05) is 38.2 Å². The maximum absolute atomic E-state index is 13.5. The zero-order valence-corrected chi connectivity index (χ0v) is 23.4. The van der Waals surface area contributed by atoms with Crippen molar-refractivity contribution in [1.82, 2.24) is 19.4 Å². The Labute approximate surface area is 233 Å². The first-order valence-corrected chi connectivity index (χ1v) is 14.2. The van der Waals surface area contributed by atoms with Crippen molar-refractivity contribution in [2.45, 2.75) is 38.1 Å². The number of nitrogens with zero attached hydrogens (tertiary/aromatic N) is 3. The quantitative estimate of drug-likeness (QED) is 0.370. The van der Waals surface area contributed by atoms with E-state index in [0.29, 0.717) is 23.2 Å². The molecule has 2 aromatic carbocycles. The molecule has 1 N–H and O–H groups in total. The smallest absolute Gasteiger partial charge is 0.302 e. The molecule has 3 aromatic rings. The van der Waals surface area contributed by atoms with E-state index in [1.165, 1.54) is 38.2 Å². The van der Waals surface area contributed by atoms with E-state index in [2.05, 4.69) is 10.4 Å². The molecule has 0 aliphatic heterocycles. The largest absolute Gasteiger partial charge is 0.464 e. The lowest BCUT2D eigenvalue weighted by Crippen LogP contribution is -2.30. The third-order valence-corrected chi connectivity index (χ3v) is 8.44.